The van der Waals surface area contributed by atoms with Crippen molar-refractivity contribution in [3.63, 3.8) is 0 Å². The summed E-state index contributed by atoms with van der Waals surface area (Å²) in [6.45, 7) is 7.37. The second-order valence-electron chi connectivity index (χ2n) is 6.87. The van der Waals surface area contributed by atoms with E-state index in [9.17, 15) is 9.59 Å². The number of hydrogen-bond acceptors (Lipinski definition) is 5. The summed E-state index contributed by atoms with van der Waals surface area (Å²) in [6, 6.07) is 13.6. The summed E-state index contributed by atoms with van der Waals surface area (Å²) in [4.78, 5) is 23.8. The average molecular weight is 356 g/mol. The van der Waals surface area contributed by atoms with Crippen molar-refractivity contribution in [1.29, 1.82) is 0 Å². The van der Waals surface area contributed by atoms with Crippen LogP contribution in [0.5, 0.6) is 11.5 Å². The predicted molar refractivity (Wildman–Crippen MR) is 98.7 cm³/mol. The van der Waals surface area contributed by atoms with E-state index in [1.54, 1.807) is 32.9 Å². The molecular formula is C21H24O5. The number of rotatable bonds is 5. The molecule has 0 saturated heterocycles. The first-order valence-corrected chi connectivity index (χ1v) is 8.59. The SMILES string of the molecule is CCCc1ccc(OC(=O)c2ccc(OC(=O)OC(C)(C)C)cc2)cc1. The second kappa shape index (κ2) is 8.52. The van der Waals surface area contributed by atoms with Crippen molar-refractivity contribution in [1.82, 2.24) is 0 Å². The molecule has 0 heterocycles. The topological polar surface area (TPSA) is 61.8 Å². The summed E-state index contributed by atoms with van der Waals surface area (Å²) >= 11 is 0. The van der Waals surface area contributed by atoms with Gasteiger partial charge in [0, 0.05) is 0 Å². The van der Waals surface area contributed by atoms with Gasteiger partial charge in [-0.2, -0.15) is 0 Å². The van der Waals surface area contributed by atoms with Gasteiger partial charge >= 0.3 is 12.1 Å². The van der Waals surface area contributed by atoms with Crippen molar-refractivity contribution in [2.75, 3.05) is 0 Å². The Morgan fingerprint density at radius 1 is 0.846 bits per heavy atom. The van der Waals surface area contributed by atoms with Crippen LogP contribution in [0.15, 0.2) is 48.5 Å². The Kier molecular flexibility index (Phi) is 6.39. The second-order valence-corrected chi connectivity index (χ2v) is 6.87. The fourth-order valence-corrected chi connectivity index (χ4v) is 2.20. The Morgan fingerprint density at radius 2 is 1.38 bits per heavy atom. The van der Waals surface area contributed by atoms with Crippen LogP contribution in [0.3, 0.4) is 0 Å². The molecule has 0 N–H and O–H groups in total. The summed E-state index contributed by atoms with van der Waals surface area (Å²) < 4.78 is 15.5. The Bertz CT molecular complexity index is 739. The van der Waals surface area contributed by atoms with Crippen LogP contribution >= 0.6 is 0 Å². The van der Waals surface area contributed by atoms with Crippen LogP contribution in [-0.4, -0.2) is 17.7 Å². The van der Waals surface area contributed by atoms with Crippen LogP contribution in [0.25, 0.3) is 0 Å². The van der Waals surface area contributed by atoms with E-state index in [2.05, 4.69) is 6.92 Å². The maximum absolute atomic E-state index is 12.2. The molecule has 5 heteroatoms. The third-order valence-electron chi connectivity index (χ3n) is 3.35. The molecule has 2 rings (SSSR count). The minimum atomic E-state index is -0.792. The lowest BCUT2D eigenvalue weighted by Gasteiger charge is -2.18. The normalized spacial score (nSPS) is 10.9. The fraction of sp³-hybridized carbons (Fsp3) is 0.333. The monoisotopic (exact) mass is 356 g/mol. The number of carbonyl (C=O) groups excluding carboxylic acids is 2. The molecule has 0 aromatic heterocycles. The summed E-state index contributed by atoms with van der Waals surface area (Å²) in [7, 11) is 0. The van der Waals surface area contributed by atoms with Crippen molar-refractivity contribution in [2.45, 2.75) is 46.1 Å². The van der Waals surface area contributed by atoms with E-state index < -0.39 is 17.7 Å². The van der Waals surface area contributed by atoms with Gasteiger partial charge in [0.05, 0.1) is 5.56 Å². The van der Waals surface area contributed by atoms with E-state index in [-0.39, 0.29) is 0 Å². The molecule has 0 radical (unpaired) electrons. The maximum atomic E-state index is 12.2. The molecule has 0 amide bonds. The number of esters is 1. The summed E-state index contributed by atoms with van der Waals surface area (Å²) in [6.07, 6.45) is 1.27. The Labute approximate surface area is 153 Å². The summed E-state index contributed by atoms with van der Waals surface area (Å²) in [5.41, 5.74) is 0.933. The van der Waals surface area contributed by atoms with E-state index in [0.717, 1.165) is 12.8 Å². The molecule has 0 fully saturated rings. The van der Waals surface area contributed by atoms with Crippen molar-refractivity contribution < 1.29 is 23.8 Å². The van der Waals surface area contributed by atoms with E-state index in [1.165, 1.54) is 29.8 Å². The quantitative estimate of drug-likeness (QED) is 0.420. The average Bonchev–Trinajstić information content (AvgIpc) is 2.55. The van der Waals surface area contributed by atoms with Crippen LogP contribution in [0, 0.1) is 0 Å². The Hall–Kier alpha value is -2.82. The van der Waals surface area contributed by atoms with Crippen LogP contribution in [-0.2, 0) is 11.2 Å². The molecule has 0 atom stereocenters. The van der Waals surface area contributed by atoms with Crippen molar-refractivity contribution in [2.24, 2.45) is 0 Å². The summed E-state index contributed by atoms with van der Waals surface area (Å²) in [5, 5.41) is 0. The zero-order valence-corrected chi connectivity index (χ0v) is 15.6. The van der Waals surface area contributed by atoms with Gasteiger partial charge in [0.15, 0.2) is 0 Å². The first-order chi connectivity index (χ1) is 12.3. The number of ether oxygens (including phenoxy) is 3. The third-order valence-corrected chi connectivity index (χ3v) is 3.35. The maximum Gasteiger partial charge on any atom is 0.514 e. The van der Waals surface area contributed by atoms with Gasteiger partial charge in [-0.15, -0.1) is 0 Å². The number of hydrogen-bond donors (Lipinski definition) is 0. The Balaban J connectivity index is 1.94. The highest BCUT2D eigenvalue weighted by Crippen LogP contribution is 2.18. The van der Waals surface area contributed by atoms with Gasteiger partial charge < -0.3 is 14.2 Å². The van der Waals surface area contributed by atoms with Crippen LogP contribution in [0.4, 0.5) is 4.79 Å². The Morgan fingerprint density at radius 3 is 1.92 bits per heavy atom. The van der Waals surface area contributed by atoms with E-state index in [1.807, 2.05) is 12.1 Å². The first kappa shape index (κ1) is 19.5. The number of benzene rings is 2. The molecule has 0 saturated carbocycles. The lowest BCUT2D eigenvalue weighted by Crippen LogP contribution is -2.25. The van der Waals surface area contributed by atoms with E-state index in [4.69, 9.17) is 14.2 Å². The number of carbonyl (C=O) groups is 2. The molecule has 0 unspecified atom stereocenters. The molecule has 5 nitrogen and oxygen atoms in total. The van der Waals surface area contributed by atoms with Crippen molar-refractivity contribution >= 4 is 12.1 Å². The van der Waals surface area contributed by atoms with Gasteiger partial charge in [-0.3, -0.25) is 0 Å². The van der Waals surface area contributed by atoms with Crippen molar-refractivity contribution in [3.8, 4) is 11.5 Å². The molecule has 0 aliphatic carbocycles. The van der Waals surface area contributed by atoms with Gasteiger partial charge in [0.25, 0.3) is 0 Å². The molecule has 26 heavy (non-hydrogen) atoms. The highest BCUT2D eigenvalue weighted by molar-refractivity contribution is 5.91. The molecule has 138 valence electrons. The first-order valence-electron chi connectivity index (χ1n) is 8.59. The third kappa shape index (κ3) is 6.24. The standard InChI is InChI=1S/C21H24O5/c1-5-6-15-7-11-17(12-8-15)24-19(22)16-9-13-18(14-10-16)25-20(23)26-21(2,3)4/h7-14H,5-6H2,1-4H3. The van der Waals surface area contributed by atoms with E-state index in [0.29, 0.717) is 17.1 Å². The summed E-state index contributed by atoms with van der Waals surface area (Å²) in [5.74, 6) is 0.306. The minimum Gasteiger partial charge on any atom is -0.428 e. The molecule has 2 aromatic carbocycles. The van der Waals surface area contributed by atoms with Gasteiger partial charge in [-0.05, 0) is 69.2 Å². The van der Waals surface area contributed by atoms with Gasteiger partial charge in [-0.1, -0.05) is 25.5 Å². The highest BCUT2D eigenvalue weighted by Gasteiger charge is 2.18. The molecule has 0 aliphatic heterocycles. The lowest BCUT2D eigenvalue weighted by atomic mass is 10.1. The molecule has 0 spiro atoms. The fourth-order valence-electron chi connectivity index (χ4n) is 2.20. The number of aryl methyl sites for hydroxylation is 1. The van der Waals surface area contributed by atoms with Gasteiger partial charge in [0.2, 0.25) is 0 Å². The predicted octanol–water partition coefficient (Wildman–Crippen LogP) is 5.17. The molecule has 0 aliphatic rings. The van der Waals surface area contributed by atoms with Crippen LogP contribution in [0.1, 0.15) is 50.0 Å². The largest absolute Gasteiger partial charge is 0.514 e. The highest BCUT2D eigenvalue weighted by atomic mass is 16.7. The molecular weight excluding hydrogens is 332 g/mol. The smallest absolute Gasteiger partial charge is 0.428 e. The molecule has 2 aromatic rings. The van der Waals surface area contributed by atoms with Gasteiger partial charge in [0.1, 0.15) is 17.1 Å². The van der Waals surface area contributed by atoms with Crippen LogP contribution in [0.2, 0.25) is 0 Å². The van der Waals surface area contributed by atoms with Crippen molar-refractivity contribution in [3.05, 3.63) is 59.7 Å². The molecule has 0 bridgehead atoms. The van der Waals surface area contributed by atoms with Gasteiger partial charge in [-0.25, -0.2) is 9.59 Å². The zero-order valence-electron chi connectivity index (χ0n) is 15.6. The minimum absolute atomic E-state index is 0.291. The zero-order chi connectivity index (χ0) is 19.2. The van der Waals surface area contributed by atoms with E-state index >= 15 is 0 Å². The lowest BCUT2D eigenvalue weighted by molar-refractivity contribution is 0.0206. The van der Waals surface area contributed by atoms with Crippen LogP contribution < -0.4 is 9.47 Å².